The molecule has 88 valence electrons. The maximum absolute atomic E-state index is 12.2. The van der Waals surface area contributed by atoms with Crippen LogP contribution < -0.4 is 4.74 Å². The third-order valence-electron chi connectivity index (χ3n) is 1.97. The predicted molar refractivity (Wildman–Crippen MR) is 54.2 cm³/mol. The molecule has 1 aromatic carbocycles. The third-order valence-corrected chi connectivity index (χ3v) is 1.97. The Morgan fingerprint density at radius 1 is 1.06 bits per heavy atom. The standard InChI is InChI=1S/C11H7F3N2O/c12-11(13,14)17-10-4-2-1-3-8(10)9-5-6-15-7-16-9/h1-7H. The zero-order valence-electron chi connectivity index (χ0n) is 8.48. The van der Waals surface area contributed by atoms with E-state index in [4.69, 9.17) is 0 Å². The lowest BCUT2D eigenvalue weighted by Gasteiger charge is -2.12. The summed E-state index contributed by atoms with van der Waals surface area (Å²) < 4.78 is 40.5. The second kappa shape index (κ2) is 4.40. The van der Waals surface area contributed by atoms with Crippen molar-refractivity contribution in [3.8, 4) is 17.0 Å². The number of para-hydroxylation sites is 1. The lowest BCUT2D eigenvalue weighted by Crippen LogP contribution is -2.17. The quantitative estimate of drug-likeness (QED) is 0.809. The number of benzene rings is 1. The number of hydrogen-bond acceptors (Lipinski definition) is 3. The first kappa shape index (κ1) is 11.4. The van der Waals surface area contributed by atoms with Crippen molar-refractivity contribution in [3.05, 3.63) is 42.9 Å². The molecule has 0 amide bonds. The molecule has 6 heteroatoms. The SMILES string of the molecule is FC(F)(F)Oc1ccccc1-c1ccncn1. The van der Waals surface area contributed by atoms with Crippen molar-refractivity contribution >= 4 is 0 Å². The van der Waals surface area contributed by atoms with E-state index in [9.17, 15) is 13.2 Å². The number of nitrogens with zero attached hydrogens (tertiary/aromatic N) is 2. The Kier molecular flexibility index (Phi) is 2.95. The summed E-state index contributed by atoms with van der Waals surface area (Å²) in [7, 11) is 0. The molecule has 2 rings (SSSR count). The molecule has 0 aliphatic carbocycles. The number of aromatic nitrogens is 2. The third kappa shape index (κ3) is 2.93. The molecule has 17 heavy (non-hydrogen) atoms. The Labute approximate surface area is 94.9 Å². The molecule has 0 spiro atoms. The largest absolute Gasteiger partial charge is 0.573 e. The molecule has 1 aromatic heterocycles. The van der Waals surface area contributed by atoms with Crippen molar-refractivity contribution < 1.29 is 17.9 Å². The summed E-state index contributed by atoms with van der Waals surface area (Å²) >= 11 is 0. The first-order valence-corrected chi connectivity index (χ1v) is 4.67. The molecule has 0 bridgehead atoms. The molecule has 0 aliphatic rings. The minimum Gasteiger partial charge on any atom is -0.405 e. The van der Waals surface area contributed by atoms with E-state index in [1.807, 2.05) is 0 Å². The fourth-order valence-corrected chi connectivity index (χ4v) is 1.34. The van der Waals surface area contributed by atoms with Gasteiger partial charge in [-0.05, 0) is 18.2 Å². The van der Waals surface area contributed by atoms with E-state index in [0.717, 1.165) is 0 Å². The summed E-state index contributed by atoms with van der Waals surface area (Å²) in [5, 5.41) is 0. The van der Waals surface area contributed by atoms with Gasteiger partial charge in [0.05, 0.1) is 5.69 Å². The van der Waals surface area contributed by atoms with Crippen LogP contribution in [0.2, 0.25) is 0 Å². The summed E-state index contributed by atoms with van der Waals surface area (Å²) in [6.45, 7) is 0. The van der Waals surface area contributed by atoms with Crippen molar-refractivity contribution in [2.24, 2.45) is 0 Å². The van der Waals surface area contributed by atoms with E-state index in [0.29, 0.717) is 5.69 Å². The van der Waals surface area contributed by atoms with Crippen molar-refractivity contribution in [3.63, 3.8) is 0 Å². The van der Waals surface area contributed by atoms with Gasteiger partial charge in [-0.3, -0.25) is 0 Å². The van der Waals surface area contributed by atoms with Gasteiger partial charge in [-0.25, -0.2) is 9.97 Å². The molecule has 0 saturated carbocycles. The van der Waals surface area contributed by atoms with Gasteiger partial charge in [0.1, 0.15) is 12.1 Å². The zero-order valence-corrected chi connectivity index (χ0v) is 8.48. The minimum absolute atomic E-state index is 0.271. The van der Waals surface area contributed by atoms with Crippen LogP contribution in [0.5, 0.6) is 5.75 Å². The van der Waals surface area contributed by atoms with E-state index in [2.05, 4.69) is 14.7 Å². The Bertz CT molecular complexity index is 500. The van der Waals surface area contributed by atoms with Gasteiger partial charge in [0.25, 0.3) is 0 Å². The monoisotopic (exact) mass is 240 g/mol. The molecule has 0 saturated heterocycles. The summed E-state index contributed by atoms with van der Waals surface area (Å²) in [5.74, 6) is -0.279. The van der Waals surface area contributed by atoms with E-state index in [1.165, 1.54) is 36.8 Å². The van der Waals surface area contributed by atoms with Gasteiger partial charge in [0.2, 0.25) is 0 Å². The summed E-state index contributed by atoms with van der Waals surface area (Å²) in [6.07, 6.45) is -2.00. The van der Waals surface area contributed by atoms with Gasteiger partial charge in [0, 0.05) is 11.8 Å². The van der Waals surface area contributed by atoms with Crippen molar-refractivity contribution in [2.45, 2.75) is 6.36 Å². The lowest BCUT2D eigenvalue weighted by molar-refractivity contribution is -0.274. The maximum Gasteiger partial charge on any atom is 0.573 e. The molecule has 3 nitrogen and oxygen atoms in total. The number of halogens is 3. The van der Waals surface area contributed by atoms with Gasteiger partial charge in [0.15, 0.2) is 0 Å². The number of rotatable bonds is 2. The molecule has 0 atom stereocenters. The predicted octanol–water partition coefficient (Wildman–Crippen LogP) is 3.04. The first-order chi connectivity index (χ1) is 8.06. The second-order valence-corrected chi connectivity index (χ2v) is 3.14. The number of ether oxygens (including phenoxy) is 1. The van der Waals surface area contributed by atoms with Gasteiger partial charge in [-0.2, -0.15) is 0 Å². The van der Waals surface area contributed by atoms with Crippen LogP contribution in [-0.4, -0.2) is 16.3 Å². The van der Waals surface area contributed by atoms with Crippen LogP contribution in [0.1, 0.15) is 0 Å². The normalized spacial score (nSPS) is 11.2. The topological polar surface area (TPSA) is 35.0 Å². The van der Waals surface area contributed by atoms with Gasteiger partial charge in [-0.1, -0.05) is 12.1 Å². The summed E-state index contributed by atoms with van der Waals surface area (Å²) in [4.78, 5) is 7.58. The zero-order chi connectivity index (χ0) is 12.3. The van der Waals surface area contributed by atoms with Gasteiger partial charge in [-0.15, -0.1) is 13.2 Å². The van der Waals surface area contributed by atoms with Crippen molar-refractivity contribution in [1.29, 1.82) is 0 Å². The minimum atomic E-state index is -4.72. The first-order valence-electron chi connectivity index (χ1n) is 4.67. The number of hydrogen-bond donors (Lipinski definition) is 0. The Morgan fingerprint density at radius 3 is 2.47 bits per heavy atom. The van der Waals surface area contributed by atoms with Crippen LogP contribution in [0, 0.1) is 0 Å². The molecule has 0 radical (unpaired) electrons. The van der Waals surface area contributed by atoms with Crippen molar-refractivity contribution in [2.75, 3.05) is 0 Å². The van der Waals surface area contributed by atoms with Crippen LogP contribution in [-0.2, 0) is 0 Å². The molecule has 0 unspecified atom stereocenters. The molecular weight excluding hydrogens is 233 g/mol. The van der Waals surface area contributed by atoms with E-state index >= 15 is 0 Å². The van der Waals surface area contributed by atoms with Crippen LogP contribution in [0.4, 0.5) is 13.2 Å². The summed E-state index contributed by atoms with van der Waals surface area (Å²) in [5.41, 5.74) is 0.645. The Hall–Kier alpha value is -2.11. The Morgan fingerprint density at radius 2 is 1.82 bits per heavy atom. The molecule has 0 fully saturated rings. The summed E-state index contributed by atoms with van der Waals surface area (Å²) in [6, 6.07) is 7.33. The smallest absolute Gasteiger partial charge is 0.405 e. The van der Waals surface area contributed by atoms with Gasteiger partial charge >= 0.3 is 6.36 Å². The average molecular weight is 240 g/mol. The van der Waals surface area contributed by atoms with Crippen LogP contribution in [0.15, 0.2) is 42.9 Å². The van der Waals surface area contributed by atoms with Crippen molar-refractivity contribution in [1.82, 2.24) is 9.97 Å². The fourth-order valence-electron chi connectivity index (χ4n) is 1.34. The van der Waals surface area contributed by atoms with E-state index in [1.54, 1.807) is 6.07 Å². The Balaban J connectivity index is 2.41. The highest BCUT2D eigenvalue weighted by Crippen LogP contribution is 2.32. The molecular formula is C11H7F3N2O. The number of alkyl halides is 3. The highest BCUT2D eigenvalue weighted by molar-refractivity contribution is 5.66. The highest BCUT2D eigenvalue weighted by Gasteiger charge is 2.32. The van der Waals surface area contributed by atoms with E-state index in [-0.39, 0.29) is 11.3 Å². The van der Waals surface area contributed by atoms with Gasteiger partial charge < -0.3 is 4.74 Å². The van der Waals surface area contributed by atoms with E-state index < -0.39 is 6.36 Å². The molecule has 2 aromatic rings. The maximum atomic E-state index is 12.2. The lowest BCUT2D eigenvalue weighted by atomic mass is 10.1. The van der Waals surface area contributed by atoms with Crippen LogP contribution >= 0.6 is 0 Å². The van der Waals surface area contributed by atoms with Crippen LogP contribution in [0.3, 0.4) is 0 Å². The fraction of sp³-hybridized carbons (Fsp3) is 0.0909. The highest BCUT2D eigenvalue weighted by atomic mass is 19.4. The second-order valence-electron chi connectivity index (χ2n) is 3.14. The molecule has 0 aliphatic heterocycles. The molecule has 0 N–H and O–H groups in total. The average Bonchev–Trinajstić information content (AvgIpc) is 2.29. The van der Waals surface area contributed by atoms with Crippen LogP contribution in [0.25, 0.3) is 11.3 Å². The molecule has 1 heterocycles.